The molecule has 1 rings (SSSR count). The van der Waals surface area contributed by atoms with Crippen LogP contribution in [0, 0.1) is 0 Å². The van der Waals surface area contributed by atoms with Crippen LogP contribution in [0.15, 0.2) is 12.1 Å². The molecule has 17 heavy (non-hydrogen) atoms. The van der Waals surface area contributed by atoms with Crippen molar-refractivity contribution < 1.29 is 14.6 Å². The highest BCUT2D eigenvalue weighted by atomic mass is 35.5. The minimum Gasteiger partial charge on any atom is -0.496 e. The zero-order valence-corrected chi connectivity index (χ0v) is 10.6. The van der Waals surface area contributed by atoms with Crippen LogP contribution in [0.1, 0.15) is 24.0 Å². The summed E-state index contributed by atoms with van der Waals surface area (Å²) in [6.07, 6.45) is 0.666. The lowest BCUT2D eigenvalue weighted by Crippen LogP contribution is -2.22. The van der Waals surface area contributed by atoms with E-state index in [9.17, 15) is 4.79 Å². The van der Waals surface area contributed by atoms with Crippen molar-refractivity contribution in [2.45, 2.75) is 19.3 Å². The number of carbonyl (C=O) groups is 1. The molecule has 4 nitrogen and oxygen atoms in total. The van der Waals surface area contributed by atoms with Gasteiger partial charge in [-0.3, -0.25) is 4.79 Å². The molecule has 5 heteroatoms. The standard InChI is InChI=1S/C12H16ClNO3/c1-3-8-9(10(6-14)12(15)16)4-7(13)5-11(8)17-2/h4-5,10H,3,6,14H2,1-2H3,(H,15,16). The average molecular weight is 258 g/mol. The smallest absolute Gasteiger partial charge is 0.312 e. The summed E-state index contributed by atoms with van der Waals surface area (Å²) < 4.78 is 5.21. The summed E-state index contributed by atoms with van der Waals surface area (Å²) in [5.41, 5.74) is 6.98. The van der Waals surface area contributed by atoms with E-state index < -0.39 is 11.9 Å². The monoisotopic (exact) mass is 257 g/mol. The number of hydrogen-bond donors (Lipinski definition) is 2. The van der Waals surface area contributed by atoms with E-state index in [0.717, 1.165) is 5.56 Å². The van der Waals surface area contributed by atoms with Crippen LogP contribution >= 0.6 is 11.6 Å². The van der Waals surface area contributed by atoms with E-state index in [1.54, 1.807) is 12.1 Å². The van der Waals surface area contributed by atoms with Gasteiger partial charge in [0.1, 0.15) is 5.75 Å². The predicted molar refractivity (Wildman–Crippen MR) is 66.8 cm³/mol. The maximum absolute atomic E-state index is 11.1. The number of halogens is 1. The Balaban J connectivity index is 3.39. The Morgan fingerprint density at radius 1 is 1.59 bits per heavy atom. The maximum atomic E-state index is 11.1. The lowest BCUT2D eigenvalue weighted by molar-refractivity contribution is -0.138. The highest BCUT2D eigenvalue weighted by molar-refractivity contribution is 6.30. The number of benzene rings is 1. The molecule has 0 aromatic heterocycles. The molecule has 0 spiro atoms. The van der Waals surface area contributed by atoms with Crippen molar-refractivity contribution in [3.8, 4) is 5.75 Å². The Hall–Kier alpha value is -1.26. The van der Waals surface area contributed by atoms with Crippen LogP contribution in [0.4, 0.5) is 0 Å². The largest absolute Gasteiger partial charge is 0.496 e. The van der Waals surface area contributed by atoms with E-state index in [2.05, 4.69) is 0 Å². The second kappa shape index (κ2) is 5.89. The molecule has 0 aliphatic heterocycles. The van der Waals surface area contributed by atoms with Crippen LogP contribution in [0.2, 0.25) is 5.02 Å². The number of carboxylic acids is 1. The van der Waals surface area contributed by atoms with Gasteiger partial charge in [-0.2, -0.15) is 0 Å². The lowest BCUT2D eigenvalue weighted by atomic mass is 9.92. The molecule has 0 aliphatic carbocycles. The lowest BCUT2D eigenvalue weighted by Gasteiger charge is -2.17. The van der Waals surface area contributed by atoms with Gasteiger partial charge in [0.05, 0.1) is 13.0 Å². The highest BCUT2D eigenvalue weighted by Crippen LogP contribution is 2.32. The van der Waals surface area contributed by atoms with Gasteiger partial charge in [0.25, 0.3) is 0 Å². The van der Waals surface area contributed by atoms with Crippen LogP contribution in [0.25, 0.3) is 0 Å². The number of aliphatic carboxylic acids is 1. The SMILES string of the molecule is CCc1c(OC)cc(Cl)cc1C(CN)C(=O)O. The van der Waals surface area contributed by atoms with Crippen molar-refractivity contribution in [3.05, 3.63) is 28.3 Å². The number of ether oxygens (including phenoxy) is 1. The Morgan fingerprint density at radius 2 is 2.24 bits per heavy atom. The number of rotatable bonds is 5. The van der Waals surface area contributed by atoms with Crippen molar-refractivity contribution in [1.82, 2.24) is 0 Å². The Bertz CT molecular complexity index is 420. The molecule has 1 unspecified atom stereocenters. The van der Waals surface area contributed by atoms with Crippen molar-refractivity contribution in [1.29, 1.82) is 0 Å². The van der Waals surface area contributed by atoms with E-state index in [-0.39, 0.29) is 6.54 Å². The van der Waals surface area contributed by atoms with Crippen molar-refractivity contribution in [2.75, 3.05) is 13.7 Å². The fraction of sp³-hybridized carbons (Fsp3) is 0.417. The fourth-order valence-corrected chi connectivity index (χ4v) is 2.08. The topological polar surface area (TPSA) is 72.5 Å². The van der Waals surface area contributed by atoms with Crippen molar-refractivity contribution >= 4 is 17.6 Å². The highest BCUT2D eigenvalue weighted by Gasteiger charge is 2.23. The Labute approximate surface area is 105 Å². The summed E-state index contributed by atoms with van der Waals surface area (Å²) in [5, 5.41) is 9.59. The molecule has 1 atom stereocenters. The Morgan fingerprint density at radius 3 is 2.65 bits per heavy atom. The van der Waals surface area contributed by atoms with E-state index in [0.29, 0.717) is 22.8 Å². The van der Waals surface area contributed by atoms with Gasteiger partial charge in [0, 0.05) is 11.6 Å². The third-order valence-electron chi connectivity index (χ3n) is 2.69. The molecule has 1 aromatic rings. The van der Waals surface area contributed by atoms with Crippen LogP contribution in [0.5, 0.6) is 5.75 Å². The summed E-state index contributed by atoms with van der Waals surface area (Å²) in [5.74, 6) is -1.10. The molecule has 1 aromatic carbocycles. The fourth-order valence-electron chi connectivity index (χ4n) is 1.86. The first-order chi connectivity index (χ1) is 8.04. The normalized spacial score (nSPS) is 12.2. The molecule has 0 aliphatic rings. The second-order valence-corrected chi connectivity index (χ2v) is 4.09. The molecule has 0 saturated heterocycles. The minimum atomic E-state index is -0.952. The summed E-state index contributed by atoms with van der Waals surface area (Å²) in [4.78, 5) is 11.1. The van der Waals surface area contributed by atoms with E-state index in [4.69, 9.17) is 27.2 Å². The van der Waals surface area contributed by atoms with E-state index in [1.165, 1.54) is 7.11 Å². The van der Waals surface area contributed by atoms with Gasteiger partial charge < -0.3 is 15.6 Å². The van der Waals surface area contributed by atoms with Crippen molar-refractivity contribution in [3.63, 3.8) is 0 Å². The first-order valence-electron chi connectivity index (χ1n) is 5.34. The molecule has 0 heterocycles. The molecule has 0 radical (unpaired) electrons. The first kappa shape index (κ1) is 13.8. The molecular formula is C12H16ClNO3. The molecule has 0 fully saturated rings. The Kier molecular flexibility index (Phi) is 4.78. The molecule has 94 valence electrons. The van der Waals surface area contributed by atoms with Crippen LogP contribution in [-0.2, 0) is 11.2 Å². The van der Waals surface area contributed by atoms with Gasteiger partial charge >= 0.3 is 5.97 Å². The third-order valence-corrected chi connectivity index (χ3v) is 2.91. The van der Waals surface area contributed by atoms with E-state index >= 15 is 0 Å². The number of methoxy groups -OCH3 is 1. The molecule has 0 bridgehead atoms. The van der Waals surface area contributed by atoms with Crippen LogP contribution < -0.4 is 10.5 Å². The van der Waals surface area contributed by atoms with Crippen LogP contribution in [0.3, 0.4) is 0 Å². The van der Waals surface area contributed by atoms with E-state index in [1.807, 2.05) is 6.92 Å². The van der Waals surface area contributed by atoms with Crippen LogP contribution in [-0.4, -0.2) is 24.7 Å². The minimum absolute atomic E-state index is 0.0336. The summed E-state index contributed by atoms with van der Waals surface area (Å²) in [6.45, 7) is 1.97. The zero-order valence-electron chi connectivity index (χ0n) is 9.87. The zero-order chi connectivity index (χ0) is 13.0. The summed E-state index contributed by atoms with van der Waals surface area (Å²) in [7, 11) is 1.53. The molecule has 3 N–H and O–H groups in total. The maximum Gasteiger partial charge on any atom is 0.312 e. The summed E-state index contributed by atoms with van der Waals surface area (Å²) >= 11 is 5.95. The average Bonchev–Trinajstić information content (AvgIpc) is 2.28. The first-order valence-corrected chi connectivity index (χ1v) is 5.72. The molecular weight excluding hydrogens is 242 g/mol. The predicted octanol–water partition coefficient (Wildman–Crippen LogP) is 2.04. The van der Waals surface area contributed by atoms with Crippen molar-refractivity contribution in [2.24, 2.45) is 5.73 Å². The third kappa shape index (κ3) is 2.90. The van der Waals surface area contributed by atoms with Gasteiger partial charge in [-0.25, -0.2) is 0 Å². The number of nitrogens with two attached hydrogens (primary N) is 1. The quantitative estimate of drug-likeness (QED) is 0.847. The molecule has 0 amide bonds. The number of hydrogen-bond acceptors (Lipinski definition) is 3. The molecule has 0 saturated carbocycles. The van der Waals surface area contributed by atoms with Gasteiger partial charge in [0.2, 0.25) is 0 Å². The van der Waals surface area contributed by atoms with Gasteiger partial charge in [-0.1, -0.05) is 18.5 Å². The second-order valence-electron chi connectivity index (χ2n) is 3.66. The van der Waals surface area contributed by atoms with Gasteiger partial charge in [0.15, 0.2) is 0 Å². The van der Waals surface area contributed by atoms with Gasteiger partial charge in [-0.15, -0.1) is 0 Å². The number of carboxylic acid groups (broad SMARTS) is 1. The van der Waals surface area contributed by atoms with Gasteiger partial charge in [-0.05, 0) is 29.7 Å². The summed E-state index contributed by atoms with van der Waals surface area (Å²) in [6, 6.07) is 3.33.